The molecule has 1 aliphatic rings. The molecule has 0 bridgehead atoms. The Labute approximate surface area is 67.8 Å². The van der Waals surface area contributed by atoms with Gasteiger partial charge in [-0.2, -0.15) is 0 Å². The van der Waals surface area contributed by atoms with Crippen LogP contribution in [0.5, 0.6) is 0 Å². The van der Waals surface area contributed by atoms with Gasteiger partial charge in [0.25, 0.3) is 0 Å². The van der Waals surface area contributed by atoms with Gasteiger partial charge in [0.05, 0.1) is 6.61 Å². The molecular weight excluding hydrogens is 172 g/mol. The monoisotopic (exact) mass is 182 g/mol. The minimum atomic E-state index is -1.26. The second kappa shape index (κ2) is 3.70. The highest BCUT2D eigenvalue weighted by atomic mass is 32.2. The first kappa shape index (κ1) is 9.24. The lowest BCUT2D eigenvalue weighted by Crippen LogP contribution is -2.49. The van der Waals surface area contributed by atoms with Crippen LogP contribution >= 0.6 is 12.0 Å². The summed E-state index contributed by atoms with van der Waals surface area (Å²) in [5.74, 6) is 0. The molecule has 1 saturated heterocycles. The van der Waals surface area contributed by atoms with Crippen LogP contribution in [0.4, 0.5) is 0 Å². The lowest BCUT2D eigenvalue weighted by atomic mass is 10.1. The van der Waals surface area contributed by atoms with Gasteiger partial charge in [0, 0.05) is 12.0 Å². The molecule has 4 atom stereocenters. The van der Waals surface area contributed by atoms with Gasteiger partial charge in [-0.1, -0.05) is 0 Å². The van der Waals surface area contributed by atoms with Crippen molar-refractivity contribution in [3.8, 4) is 0 Å². The number of rotatable bonds is 1. The summed E-state index contributed by atoms with van der Waals surface area (Å²) < 4.78 is 4.73. The highest BCUT2D eigenvalue weighted by Gasteiger charge is 2.38. The van der Waals surface area contributed by atoms with E-state index in [0.717, 1.165) is 0 Å². The molecule has 0 aromatic rings. The molecule has 1 aliphatic heterocycles. The molecule has 4 N–H and O–H groups in total. The predicted octanol–water partition coefficient (Wildman–Crippen LogP) is -1.93. The van der Waals surface area contributed by atoms with Crippen LogP contribution < -0.4 is 0 Å². The van der Waals surface area contributed by atoms with Crippen molar-refractivity contribution >= 4 is 12.0 Å². The number of aliphatic hydroxyl groups is 4. The predicted molar refractivity (Wildman–Crippen MR) is 37.6 cm³/mol. The molecular formula is C5H10O5S. The zero-order chi connectivity index (χ0) is 8.43. The summed E-state index contributed by atoms with van der Waals surface area (Å²) in [4.78, 5) is 0. The standard InChI is InChI=1S/C5H10O5S/c6-1-2-3(7)4(8)5(9)11-10-2/h2-9H,1H2. The SMILES string of the molecule is OCC1OSC(O)C(O)C1O. The molecule has 0 spiro atoms. The van der Waals surface area contributed by atoms with Crippen LogP contribution in [0, 0.1) is 0 Å². The molecule has 1 fully saturated rings. The van der Waals surface area contributed by atoms with E-state index in [1.165, 1.54) is 0 Å². The van der Waals surface area contributed by atoms with E-state index in [1.54, 1.807) is 0 Å². The summed E-state index contributed by atoms with van der Waals surface area (Å²) in [6, 6.07) is 0. The lowest BCUT2D eigenvalue weighted by Gasteiger charge is -2.32. The molecule has 5 nitrogen and oxygen atoms in total. The molecule has 0 aromatic carbocycles. The maximum Gasteiger partial charge on any atom is 0.153 e. The Morgan fingerprint density at radius 2 is 1.82 bits per heavy atom. The van der Waals surface area contributed by atoms with Gasteiger partial charge >= 0.3 is 0 Å². The molecule has 0 aliphatic carbocycles. The van der Waals surface area contributed by atoms with E-state index in [-0.39, 0.29) is 6.61 Å². The normalized spacial score (nSPS) is 45.8. The van der Waals surface area contributed by atoms with E-state index >= 15 is 0 Å². The van der Waals surface area contributed by atoms with Gasteiger partial charge in [0.1, 0.15) is 18.3 Å². The highest BCUT2D eigenvalue weighted by Crippen LogP contribution is 2.26. The Bertz CT molecular complexity index is 130. The van der Waals surface area contributed by atoms with Gasteiger partial charge in [-0.25, -0.2) is 0 Å². The largest absolute Gasteiger partial charge is 0.394 e. The number of aliphatic hydroxyl groups excluding tert-OH is 4. The maximum absolute atomic E-state index is 9.10. The molecule has 66 valence electrons. The minimum Gasteiger partial charge on any atom is -0.394 e. The van der Waals surface area contributed by atoms with Crippen LogP contribution in [0.3, 0.4) is 0 Å². The maximum atomic E-state index is 9.10. The minimum absolute atomic E-state index is 0.377. The average molecular weight is 182 g/mol. The molecule has 0 aromatic heterocycles. The van der Waals surface area contributed by atoms with E-state index < -0.39 is 23.7 Å². The molecule has 0 amide bonds. The fourth-order valence-electron chi connectivity index (χ4n) is 0.769. The van der Waals surface area contributed by atoms with Gasteiger partial charge in [-0.15, -0.1) is 0 Å². The first-order valence-electron chi connectivity index (χ1n) is 3.14. The van der Waals surface area contributed by atoms with Gasteiger partial charge < -0.3 is 24.6 Å². The summed E-state index contributed by atoms with van der Waals surface area (Å²) in [5, 5.41) is 35.6. The molecule has 6 heteroatoms. The molecule has 1 rings (SSSR count). The highest BCUT2D eigenvalue weighted by molar-refractivity contribution is 7.95. The lowest BCUT2D eigenvalue weighted by molar-refractivity contribution is -0.101. The Hall–Kier alpha value is 0.150. The van der Waals surface area contributed by atoms with E-state index in [4.69, 9.17) is 24.6 Å². The third-order valence-corrected chi connectivity index (χ3v) is 2.32. The molecule has 4 unspecified atom stereocenters. The van der Waals surface area contributed by atoms with Crippen LogP contribution in [0.1, 0.15) is 0 Å². The van der Waals surface area contributed by atoms with Crippen molar-refractivity contribution in [2.24, 2.45) is 0 Å². The molecule has 0 saturated carbocycles. The molecule has 11 heavy (non-hydrogen) atoms. The van der Waals surface area contributed by atoms with Gasteiger partial charge in [0.15, 0.2) is 5.44 Å². The number of hydrogen-bond donors (Lipinski definition) is 4. The average Bonchev–Trinajstić information content (AvgIpc) is 2.01. The van der Waals surface area contributed by atoms with Crippen molar-refractivity contribution in [2.75, 3.05) is 6.61 Å². The fraction of sp³-hybridized carbons (Fsp3) is 1.00. The third-order valence-electron chi connectivity index (χ3n) is 1.48. The Morgan fingerprint density at radius 3 is 2.36 bits per heavy atom. The van der Waals surface area contributed by atoms with Gasteiger partial charge in [-0.05, 0) is 0 Å². The van der Waals surface area contributed by atoms with E-state index in [1.807, 2.05) is 0 Å². The van der Waals surface area contributed by atoms with Gasteiger partial charge in [-0.3, -0.25) is 0 Å². The zero-order valence-corrected chi connectivity index (χ0v) is 6.44. The van der Waals surface area contributed by atoms with Crippen LogP contribution in [0.15, 0.2) is 0 Å². The Balaban J connectivity index is 2.52. The van der Waals surface area contributed by atoms with Crippen molar-refractivity contribution in [3.63, 3.8) is 0 Å². The zero-order valence-electron chi connectivity index (χ0n) is 5.62. The topological polar surface area (TPSA) is 90.2 Å². The summed E-state index contributed by atoms with van der Waals surface area (Å²) in [6.45, 7) is -0.377. The van der Waals surface area contributed by atoms with Gasteiger partial charge in [0.2, 0.25) is 0 Å². The van der Waals surface area contributed by atoms with Crippen LogP contribution in [-0.2, 0) is 4.18 Å². The van der Waals surface area contributed by atoms with Crippen molar-refractivity contribution in [3.05, 3.63) is 0 Å². The Morgan fingerprint density at radius 1 is 1.18 bits per heavy atom. The van der Waals surface area contributed by atoms with E-state index in [9.17, 15) is 0 Å². The third kappa shape index (κ3) is 1.84. The molecule has 1 heterocycles. The number of hydrogen-bond acceptors (Lipinski definition) is 6. The smallest absolute Gasteiger partial charge is 0.153 e. The van der Waals surface area contributed by atoms with Crippen molar-refractivity contribution < 1.29 is 24.6 Å². The molecule has 0 radical (unpaired) electrons. The summed E-state index contributed by atoms with van der Waals surface area (Å²) >= 11 is 0.648. The summed E-state index contributed by atoms with van der Waals surface area (Å²) in [6.07, 6.45) is -3.31. The van der Waals surface area contributed by atoms with Crippen molar-refractivity contribution in [1.82, 2.24) is 0 Å². The fourth-order valence-corrected chi connectivity index (χ4v) is 1.48. The van der Waals surface area contributed by atoms with Crippen LogP contribution in [-0.4, -0.2) is 50.8 Å². The van der Waals surface area contributed by atoms with E-state index in [0.29, 0.717) is 12.0 Å². The quantitative estimate of drug-likeness (QED) is 0.353. The first-order valence-corrected chi connectivity index (χ1v) is 3.94. The van der Waals surface area contributed by atoms with E-state index in [2.05, 4.69) is 0 Å². The summed E-state index contributed by atoms with van der Waals surface area (Å²) in [5.41, 5.74) is -1.15. The van der Waals surface area contributed by atoms with Crippen molar-refractivity contribution in [1.29, 1.82) is 0 Å². The second-order valence-electron chi connectivity index (χ2n) is 2.29. The Kier molecular flexibility index (Phi) is 3.11. The van der Waals surface area contributed by atoms with Crippen LogP contribution in [0.2, 0.25) is 0 Å². The second-order valence-corrected chi connectivity index (χ2v) is 3.15. The first-order chi connectivity index (χ1) is 5.16. The summed E-state index contributed by atoms with van der Waals surface area (Å²) in [7, 11) is 0. The van der Waals surface area contributed by atoms with Crippen molar-refractivity contribution in [2.45, 2.75) is 23.7 Å². The van der Waals surface area contributed by atoms with Crippen LogP contribution in [0.25, 0.3) is 0 Å².